The van der Waals surface area contributed by atoms with Crippen LogP contribution in [0.2, 0.25) is 0 Å². The molecule has 3 rings (SSSR count). The van der Waals surface area contributed by atoms with E-state index in [9.17, 15) is 4.79 Å². The standard InChI is InChI=1S/C17H22N6OS.HI/c18-17(22-7-9-25-10-8-22)19-12-14-3-1-4-15(11-14)21-16(24)13-23-6-2-5-20-23;/h1-6,11H,7-10,12-13H2,(H2,18,19)(H,21,24);1H. The van der Waals surface area contributed by atoms with Gasteiger partial charge in [-0.15, -0.1) is 24.0 Å². The summed E-state index contributed by atoms with van der Waals surface area (Å²) in [5.74, 6) is 2.66. The number of aromatic nitrogens is 2. The minimum atomic E-state index is -0.116. The number of carbonyl (C=O) groups excluding carboxylic acids is 1. The van der Waals surface area contributed by atoms with Crippen molar-refractivity contribution in [3.8, 4) is 0 Å². The Morgan fingerprint density at radius 3 is 2.85 bits per heavy atom. The Hall–Kier alpha value is -1.75. The maximum atomic E-state index is 12.0. The third-order valence-electron chi connectivity index (χ3n) is 3.83. The highest BCUT2D eigenvalue weighted by Gasteiger charge is 2.12. The number of hydrogen-bond acceptors (Lipinski definition) is 4. The molecule has 0 aliphatic carbocycles. The normalized spacial score (nSPS) is 14.6. The zero-order valence-corrected chi connectivity index (χ0v) is 17.5. The number of rotatable bonds is 5. The van der Waals surface area contributed by atoms with Crippen molar-refractivity contribution in [2.45, 2.75) is 13.1 Å². The Morgan fingerprint density at radius 1 is 1.31 bits per heavy atom. The summed E-state index contributed by atoms with van der Waals surface area (Å²) in [4.78, 5) is 18.6. The second kappa shape index (κ2) is 10.4. The number of carbonyl (C=O) groups is 1. The number of thioether (sulfide) groups is 1. The van der Waals surface area contributed by atoms with Crippen LogP contribution in [0, 0.1) is 0 Å². The number of nitrogens with one attached hydrogen (secondary N) is 1. The third-order valence-corrected chi connectivity index (χ3v) is 4.78. The molecule has 9 heteroatoms. The molecule has 1 aliphatic rings. The van der Waals surface area contributed by atoms with Crippen molar-refractivity contribution in [2.75, 3.05) is 29.9 Å². The van der Waals surface area contributed by atoms with Crippen molar-refractivity contribution in [2.24, 2.45) is 10.7 Å². The van der Waals surface area contributed by atoms with Crippen LogP contribution in [0.1, 0.15) is 5.56 Å². The fourth-order valence-electron chi connectivity index (χ4n) is 2.55. The Balaban J connectivity index is 0.00000243. The van der Waals surface area contributed by atoms with Gasteiger partial charge in [0.25, 0.3) is 0 Å². The molecule has 1 saturated heterocycles. The second-order valence-electron chi connectivity index (χ2n) is 5.73. The molecule has 0 spiro atoms. The van der Waals surface area contributed by atoms with E-state index in [1.165, 1.54) is 0 Å². The van der Waals surface area contributed by atoms with Gasteiger partial charge in [0.1, 0.15) is 6.54 Å². The summed E-state index contributed by atoms with van der Waals surface area (Å²) in [7, 11) is 0. The Morgan fingerprint density at radius 2 is 2.12 bits per heavy atom. The molecule has 7 nitrogen and oxygen atoms in total. The molecule has 0 unspecified atom stereocenters. The first-order valence-corrected chi connectivity index (χ1v) is 9.35. The molecule has 0 saturated carbocycles. The van der Waals surface area contributed by atoms with Gasteiger partial charge in [0.05, 0.1) is 6.54 Å². The third kappa shape index (κ3) is 6.20. The number of halogens is 1. The number of nitrogens with two attached hydrogens (primary N) is 1. The van der Waals surface area contributed by atoms with Gasteiger partial charge in [0.15, 0.2) is 5.96 Å². The highest BCUT2D eigenvalue weighted by molar-refractivity contribution is 14.0. The quantitative estimate of drug-likeness (QED) is 0.384. The second-order valence-corrected chi connectivity index (χ2v) is 6.95. The smallest absolute Gasteiger partial charge is 0.246 e. The summed E-state index contributed by atoms with van der Waals surface area (Å²) in [6, 6.07) is 9.45. The molecule has 2 aromatic rings. The van der Waals surface area contributed by atoms with Crippen LogP contribution in [0.3, 0.4) is 0 Å². The molecule has 0 radical (unpaired) electrons. The Bertz CT molecular complexity index is 731. The minimum absolute atomic E-state index is 0. The van der Waals surface area contributed by atoms with E-state index in [1.54, 1.807) is 23.1 Å². The maximum absolute atomic E-state index is 12.0. The van der Waals surface area contributed by atoms with Gasteiger partial charge < -0.3 is 16.0 Å². The molecule has 0 bridgehead atoms. The first-order valence-electron chi connectivity index (χ1n) is 8.19. The first-order chi connectivity index (χ1) is 12.2. The van der Waals surface area contributed by atoms with E-state index in [4.69, 9.17) is 5.73 Å². The van der Waals surface area contributed by atoms with Gasteiger partial charge in [-0.3, -0.25) is 9.48 Å². The number of amides is 1. The lowest BCUT2D eigenvalue weighted by Crippen LogP contribution is -2.42. The molecule has 0 atom stereocenters. The monoisotopic (exact) mass is 486 g/mol. The molecular formula is C17H23IN6OS. The van der Waals surface area contributed by atoms with E-state index in [2.05, 4.69) is 20.3 Å². The van der Waals surface area contributed by atoms with E-state index in [0.29, 0.717) is 12.5 Å². The van der Waals surface area contributed by atoms with E-state index in [0.717, 1.165) is 35.8 Å². The van der Waals surface area contributed by atoms with Crippen molar-refractivity contribution in [3.05, 3.63) is 48.3 Å². The van der Waals surface area contributed by atoms with Crippen LogP contribution in [0.15, 0.2) is 47.7 Å². The van der Waals surface area contributed by atoms with Crippen molar-refractivity contribution in [1.82, 2.24) is 14.7 Å². The SMILES string of the molecule is I.NC(=NCc1cccc(NC(=O)Cn2cccn2)c1)N1CCSCC1. The van der Waals surface area contributed by atoms with Crippen LogP contribution >= 0.6 is 35.7 Å². The van der Waals surface area contributed by atoms with Gasteiger partial charge >= 0.3 is 0 Å². The molecule has 1 aromatic carbocycles. The number of nitrogens with zero attached hydrogens (tertiary/aromatic N) is 4. The van der Waals surface area contributed by atoms with Crippen LogP contribution in [-0.2, 0) is 17.9 Å². The zero-order chi connectivity index (χ0) is 17.5. The van der Waals surface area contributed by atoms with Crippen LogP contribution in [-0.4, -0.2) is 51.1 Å². The summed E-state index contributed by atoms with van der Waals surface area (Å²) in [6.45, 7) is 2.58. The van der Waals surface area contributed by atoms with E-state index < -0.39 is 0 Å². The fraction of sp³-hybridized carbons (Fsp3) is 0.353. The molecule has 1 aliphatic heterocycles. The molecule has 1 fully saturated rings. The van der Waals surface area contributed by atoms with Crippen molar-refractivity contribution >= 4 is 53.3 Å². The van der Waals surface area contributed by atoms with Crippen molar-refractivity contribution < 1.29 is 4.79 Å². The lowest BCUT2D eigenvalue weighted by Gasteiger charge is -2.27. The van der Waals surface area contributed by atoms with Crippen LogP contribution in [0.5, 0.6) is 0 Å². The summed E-state index contributed by atoms with van der Waals surface area (Å²) < 4.78 is 1.58. The van der Waals surface area contributed by atoms with Gasteiger partial charge in [0.2, 0.25) is 5.91 Å². The van der Waals surface area contributed by atoms with Crippen LogP contribution in [0.25, 0.3) is 0 Å². The molecule has 140 valence electrons. The molecule has 2 heterocycles. The zero-order valence-electron chi connectivity index (χ0n) is 14.4. The molecular weight excluding hydrogens is 463 g/mol. The largest absolute Gasteiger partial charge is 0.370 e. The summed E-state index contributed by atoms with van der Waals surface area (Å²) in [5, 5.41) is 6.91. The minimum Gasteiger partial charge on any atom is -0.370 e. The highest BCUT2D eigenvalue weighted by Crippen LogP contribution is 2.13. The average Bonchev–Trinajstić information content (AvgIpc) is 3.13. The van der Waals surface area contributed by atoms with Gasteiger partial charge in [-0.2, -0.15) is 16.9 Å². The van der Waals surface area contributed by atoms with Crippen molar-refractivity contribution in [3.63, 3.8) is 0 Å². The van der Waals surface area contributed by atoms with Crippen LogP contribution < -0.4 is 11.1 Å². The Kier molecular flexibility index (Phi) is 8.23. The van der Waals surface area contributed by atoms with Gasteiger partial charge in [0, 0.05) is 42.7 Å². The Labute approximate surface area is 174 Å². The van der Waals surface area contributed by atoms with Gasteiger partial charge in [-0.05, 0) is 23.8 Å². The summed E-state index contributed by atoms with van der Waals surface area (Å²) >= 11 is 1.94. The number of aliphatic imine (C=N–C) groups is 1. The highest BCUT2D eigenvalue weighted by atomic mass is 127. The average molecular weight is 486 g/mol. The van der Waals surface area contributed by atoms with Crippen molar-refractivity contribution in [1.29, 1.82) is 0 Å². The number of guanidine groups is 1. The molecule has 3 N–H and O–H groups in total. The molecule has 26 heavy (non-hydrogen) atoms. The summed E-state index contributed by atoms with van der Waals surface area (Å²) in [6.07, 6.45) is 3.41. The predicted octanol–water partition coefficient (Wildman–Crippen LogP) is 2.00. The first kappa shape index (κ1) is 20.6. The lowest BCUT2D eigenvalue weighted by atomic mass is 10.2. The lowest BCUT2D eigenvalue weighted by molar-refractivity contribution is -0.116. The topological polar surface area (TPSA) is 88.5 Å². The van der Waals surface area contributed by atoms with Gasteiger partial charge in [-0.25, -0.2) is 4.99 Å². The van der Waals surface area contributed by atoms with E-state index in [-0.39, 0.29) is 36.4 Å². The maximum Gasteiger partial charge on any atom is 0.246 e. The van der Waals surface area contributed by atoms with E-state index in [1.807, 2.05) is 36.0 Å². The van der Waals surface area contributed by atoms with Crippen LogP contribution in [0.4, 0.5) is 5.69 Å². The number of hydrogen-bond donors (Lipinski definition) is 2. The predicted molar refractivity (Wildman–Crippen MR) is 117 cm³/mol. The number of benzene rings is 1. The van der Waals surface area contributed by atoms with Gasteiger partial charge in [-0.1, -0.05) is 12.1 Å². The fourth-order valence-corrected chi connectivity index (χ4v) is 3.46. The molecule has 1 amide bonds. The number of anilines is 1. The molecule has 1 aromatic heterocycles. The van der Waals surface area contributed by atoms with E-state index >= 15 is 0 Å². The summed E-state index contributed by atoms with van der Waals surface area (Å²) in [5.41, 5.74) is 7.83.